The number of halogens is 1. The minimum atomic E-state index is -0.118. The molecular weight excluding hydrogens is 328 g/mol. The van der Waals surface area contributed by atoms with Gasteiger partial charge >= 0.3 is 0 Å². The summed E-state index contributed by atoms with van der Waals surface area (Å²) in [7, 11) is 3.08. The molecule has 5 heteroatoms. The lowest BCUT2D eigenvalue weighted by atomic mass is 10.1. The van der Waals surface area contributed by atoms with Gasteiger partial charge in [-0.3, -0.25) is 4.79 Å². The van der Waals surface area contributed by atoms with Gasteiger partial charge in [0.05, 0.1) is 25.8 Å². The lowest BCUT2D eigenvalue weighted by Gasteiger charge is -2.09. The van der Waals surface area contributed by atoms with Crippen LogP contribution in [-0.2, 0) is 0 Å². The molecule has 0 bridgehead atoms. The number of carbonyl (C=O) groups excluding carboxylic acids is 1. The van der Waals surface area contributed by atoms with E-state index in [2.05, 4.69) is 0 Å². The van der Waals surface area contributed by atoms with Gasteiger partial charge in [-0.25, -0.2) is 0 Å². The van der Waals surface area contributed by atoms with Gasteiger partial charge in [-0.1, -0.05) is 11.6 Å². The van der Waals surface area contributed by atoms with Gasteiger partial charge in [0.25, 0.3) is 0 Å². The summed E-state index contributed by atoms with van der Waals surface area (Å²) in [5, 5.41) is 0.450. The van der Waals surface area contributed by atoms with Crippen LogP contribution in [0.15, 0.2) is 42.5 Å². The highest BCUT2D eigenvalue weighted by Crippen LogP contribution is 2.33. The Balaban J connectivity index is 2.20. The van der Waals surface area contributed by atoms with Gasteiger partial charge in [-0.05, 0) is 49.4 Å². The average molecular weight is 347 g/mol. The van der Waals surface area contributed by atoms with Crippen molar-refractivity contribution >= 4 is 23.5 Å². The van der Waals surface area contributed by atoms with E-state index in [4.69, 9.17) is 25.8 Å². The van der Waals surface area contributed by atoms with Crippen molar-refractivity contribution in [3.05, 3.63) is 58.6 Å². The fourth-order valence-corrected chi connectivity index (χ4v) is 2.41. The summed E-state index contributed by atoms with van der Waals surface area (Å²) in [5.41, 5.74) is 1.27. The quantitative estimate of drug-likeness (QED) is 0.540. The number of hydrogen-bond acceptors (Lipinski definition) is 4. The Bertz CT molecular complexity index is 736. The molecule has 4 nitrogen and oxygen atoms in total. The fourth-order valence-electron chi connectivity index (χ4n) is 2.16. The molecule has 2 aromatic rings. The molecule has 0 radical (unpaired) electrons. The second kappa shape index (κ2) is 8.41. The second-order valence-corrected chi connectivity index (χ2v) is 5.29. The van der Waals surface area contributed by atoms with Crippen LogP contribution >= 0.6 is 11.6 Å². The molecule has 0 saturated carbocycles. The molecule has 0 aliphatic rings. The van der Waals surface area contributed by atoms with Crippen LogP contribution in [0.4, 0.5) is 0 Å². The number of hydrogen-bond donors (Lipinski definition) is 0. The first-order chi connectivity index (χ1) is 11.6. The highest BCUT2D eigenvalue weighted by molar-refractivity contribution is 6.32. The van der Waals surface area contributed by atoms with Crippen molar-refractivity contribution in [3.63, 3.8) is 0 Å². The summed E-state index contributed by atoms with van der Waals surface area (Å²) < 4.78 is 15.8. The number of allylic oxidation sites excluding steroid dienone is 1. The molecular formula is C19H19ClO4. The van der Waals surface area contributed by atoms with Crippen molar-refractivity contribution < 1.29 is 19.0 Å². The normalized spacial score (nSPS) is 10.7. The van der Waals surface area contributed by atoms with E-state index in [-0.39, 0.29) is 5.78 Å². The molecule has 24 heavy (non-hydrogen) atoms. The molecule has 0 aliphatic heterocycles. The van der Waals surface area contributed by atoms with Crippen molar-refractivity contribution in [2.75, 3.05) is 20.8 Å². The number of benzene rings is 2. The summed E-state index contributed by atoms with van der Waals surface area (Å²) >= 11 is 6.12. The van der Waals surface area contributed by atoms with E-state index in [0.29, 0.717) is 34.3 Å². The number of methoxy groups -OCH3 is 2. The summed E-state index contributed by atoms with van der Waals surface area (Å²) in [5.74, 6) is 1.71. The monoisotopic (exact) mass is 346 g/mol. The van der Waals surface area contributed by atoms with Crippen LogP contribution in [0.1, 0.15) is 22.8 Å². The van der Waals surface area contributed by atoms with Gasteiger partial charge in [-0.15, -0.1) is 0 Å². The SMILES string of the molecule is CCOc1ccc(C(=O)/C=C/c2cc(Cl)c(OC)cc2OC)cc1. The van der Waals surface area contributed by atoms with E-state index in [1.54, 1.807) is 49.6 Å². The molecule has 0 unspecified atom stereocenters. The molecule has 2 rings (SSSR count). The van der Waals surface area contributed by atoms with E-state index in [9.17, 15) is 4.79 Å². The Labute approximate surface area is 146 Å². The summed E-state index contributed by atoms with van der Waals surface area (Å²) in [4.78, 5) is 12.3. The van der Waals surface area contributed by atoms with Gasteiger partial charge in [0.15, 0.2) is 5.78 Å². The maximum Gasteiger partial charge on any atom is 0.185 e. The van der Waals surface area contributed by atoms with Crippen LogP contribution in [0.2, 0.25) is 5.02 Å². The predicted octanol–water partition coefficient (Wildman–Crippen LogP) is 4.65. The molecule has 2 aromatic carbocycles. The molecule has 0 heterocycles. The van der Waals surface area contributed by atoms with Gasteiger partial charge in [-0.2, -0.15) is 0 Å². The van der Waals surface area contributed by atoms with Gasteiger partial charge in [0, 0.05) is 17.2 Å². The standard InChI is InChI=1S/C19H19ClO4/c1-4-24-15-8-5-13(6-9-15)17(21)10-7-14-11-16(20)19(23-3)12-18(14)22-2/h5-12H,4H2,1-3H3/b10-7+. The molecule has 0 spiro atoms. The Kier molecular flexibility index (Phi) is 6.27. The molecule has 0 saturated heterocycles. The van der Waals surface area contributed by atoms with Crippen LogP contribution in [0.5, 0.6) is 17.2 Å². The van der Waals surface area contributed by atoms with Crippen molar-refractivity contribution in [2.45, 2.75) is 6.92 Å². The first-order valence-electron chi connectivity index (χ1n) is 7.45. The molecule has 0 fully saturated rings. The number of ketones is 1. The van der Waals surface area contributed by atoms with E-state index in [1.807, 2.05) is 6.92 Å². The maximum absolute atomic E-state index is 12.3. The number of ether oxygens (including phenoxy) is 3. The average Bonchev–Trinajstić information content (AvgIpc) is 2.60. The smallest absolute Gasteiger partial charge is 0.185 e. The zero-order chi connectivity index (χ0) is 17.5. The Hall–Kier alpha value is -2.46. The topological polar surface area (TPSA) is 44.8 Å². The zero-order valence-electron chi connectivity index (χ0n) is 13.8. The van der Waals surface area contributed by atoms with Crippen molar-refractivity contribution in [1.82, 2.24) is 0 Å². The lowest BCUT2D eigenvalue weighted by Crippen LogP contribution is -1.96. The van der Waals surface area contributed by atoms with Crippen LogP contribution < -0.4 is 14.2 Å². The molecule has 0 atom stereocenters. The van der Waals surface area contributed by atoms with Crippen LogP contribution in [0, 0.1) is 0 Å². The van der Waals surface area contributed by atoms with Crippen LogP contribution in [0.25, 0.3) is 6.08 Å². The van der Waals surface area contributed by atoms with E-state index >= 15 is 0 Å². The van der Waals surface area contributed by atoms with E-state index in [0.717, 1.165) is 5.75 Å². The van der Waals surface area contributed by atoms with Crippen LogP contribution in [0.3, 0.4) is 0 Å². The summed E-state index contributed by atoms with van der Waals surface area (Å²) in [6.45, 7) is 2.50. The first kappa shape index (κ1) is 17.9. The van der Waals surface area contributed by atoms with E-state index in [1.165, 1.54) is 13.2 Å². The number of rotatable bonds is 7. The lowest BCUT2D eigenvalue weighted by molar-refractivity contribution is 0.104. The fraction of sp³-hybridized carbons (Fsp3) is 0.211. The van der Waals surface area contributed by atoms with Gasteiger partial charge in [0.2, 0.25) is 0 Å². The third-order valence-corrected chi connectivity index (χ3v) is 3.66. The Morgan fingerprint density at radius 3 is 2.33 bits per heavy atom. The predicted molar refractivity (Wildman–Crippen MR) is 95.5 cm³/mol. The molecule has 0 N–H and O–H groups in total. The highest BCUT2D eigenvalue weighted by Gasteiger charge is 2.09. The minimum Gasteiger partial charge on any atom is -0.496 e. The third-order valence-electron chi connectivity index (χ3n) is 3.37. The number of carbonyl (C=O) groups is 1. The summed E-state index contributed by atoms with van der Waals surface area (Å²) in [6, 6.07) is 10.4. The Morgan fingerprint density at radius 1 is 1.08 bits per heavy atom. The molecule has 0 aromatic heterocycles. The molecule has 0 aliphatic carbocycles. The third kappa shape index (κ3) is 4.30. The maximum atomic E-state index is 12.3. The highest BCUT2D eigenvalue weighted by atomic mass is 35.5. The molecule has 0 amide bonds. The summed E-state index contributed by atoms with van der Waals surface area (Å²) in [6.07, 6.45) is 3.15. The zero-order valence-corrected chi connectivity index (χ0v) is 14.6. The van der Waals surface area contributed by atoms with Crippen molar-refractivity contribution in [2.24, 2.45) is 0 Å². The minimum absolute atomic E-state index is 0.118. The van der Waals surface area contributed by atoms with Gasteiger partial charge in [0.1, 0.15) is 17.2 Å². The largest absolute Gasteiger partial charge is 0.496 e. The van der Waals surface area contributed by atoms with Gasteiger partial charge < -0.3 is 14.2 Å². The first-order valence-corrected chi connectivity index (χ1v) is 7.83. The molecule has 126 valence electrons. The Morgan fingerprint density at radius 2 is 1.75 bits per heavy atom. The van der Waals surface area contributed by atoms with Crippen LogP contribution in [-0.4, -0.2) is 26.6 Å². The second-order valence-electron chi connectivity index (χ2n) is 4.88. The van der Waals surface area contributed by atoms with E-state index < -0.39 is 0 Å². The van der Waals surface area contributed by atoms with Crippen molar-refractivity contribution in [1.29, 1.82) is 0 Å². The van der Waals surface area contributed by atoms with Crippen molar-refractivity contribution in [3.8, 4) is 17.2 Å².